The highest BCUT2D eigenvalue weighted by atomic mass is 32.2. The Kier molecular flexibility index (Phi) is 5.96. The Balaban J connectivity index is 3.57. The third-order valence-electron chi connectivity index (χ3n) is 1.58. The maximum Gasteiger partial charge on any atom is 0.307 e. The number of rotatable bonds is 6. The summed E-state index contributed by atoms with van der Waals surface area (Å²) in [6.45, 7) is 6.22. The minimum absolute atomic E-state index is 0.0846. The molecular formula is C10H21NO4S. The van der Waals surface area contributed by atoms with Crippen LogP contribution in [0.1, 0.15) is 27.2 Å². The van der Waals surface area contributed by atoms with E-state index in [0.29, 0.717) is 13.1 Å². The lowest BCUT2D eigenvalue weighted by Gasteiger charge is -2.19. The van der Waals surface area contributed by atoms with Crippen molar-refractivity contribution in [2.75, 3.05) is 25.1 Å². The van der Waals surface area contributed by atoms with Gasteiger partial charge in [0.15, 0.2) is 0 Å². The average Bonchev–Trinajstić information content (AvgIpc) is 1.97. The summed E-state index contributed by atoms with van der Waals surface area (Å²) >= 11 is 0. The minimum Gasteiger partial charge on any atom is -0.460 e. The van der Waals surface area contributed by atoms with Gasteiger partial charge in [-0.2, -0.15) is 0 Å². The van der Waals surface area contributed by atoms with Crippen molar-refractivity contribution in [1.29, 1.82) is 0 Å². The van der Waals surface area contributed by atoms with Crippen molar-refractivity contribution < 1.29 is 17.9 Å². The van der Waals surface area contributed by atoms with Crippen LogP contribution in [0.4, 0.5) is 0 Å². The van der Waals surface area contributed by atoms with E-state index in [2.05, 4.69) is 5.32 Å². The van der Waals surface area contributed by atoms with Crippen LogP contribution < -0.4 is 5.32 Å². The molecule has 0 aliphatic carbocycles. The number of ether oxygens (including phenoxy) is 1. The number of carbonyl (C=O) groups excluding carboxylic acids is 1. The summed E-state index contributed by atoms with van der Waals surface area (Å²) < 4.78 is 26.7. The summed E-state index contributed by atoms with van der Waals surface area (Å²) in [4.78, 5) is 11.2. The lowest BCUT2D eigenvalue weighted by atomic mass is 10.2. The van der Waals surface area contributed by atoms with Crippen LogP contribution >= 0.6 is 0 Å². The van der Waals surface area contributed by atoms with E-state index in [1.54, 1.807) is 0 Å². The molecule has 0 rings (SSSR count). The Morgan fingerprint density at radius 3 is 2.25 bits per heavy atom. The molecule has 0 aromatic carbocycles. The molecule has 1 N–H and O–H groups in total. The molecular weight excluding hydrogens is 230 g/mol. The molecule has 6 heteroatoms. The molecule has 16 heavy (non-hydrogen) atoms. The molecule has 0 radical (unpaired) electrons. The SMILES string of the molecule is CC(C)(C)OC(=O)CCNCCS(C)(=O)=O. The number of hydrogen-bond acceptors (Lipinski definition) is 5. The topological polar surface area (TPSA) is 72.5 Å². The van der Waals surface area contributed by atoms with Gasteiger partial charge in [0.1, 0.15) is 15.4 Å². The van der Waals surface area contributed by atoms with Gasteiger partial charge >= 0.3 is 5.97 Å². The van der Waals surface area contributed by atoms with Crippen molar-refractivity contribution in [2.45, 2.75) is 32.8 Å². The second kappa shape index (κ2) is 6.20. The maximum absolute atomic E-state index is 11.2. The van der Waals surface area contributed by atoms with E-state index in [1.165, 1.54) is 6.26 Å². The summed E-state index contributed by atoms with van der Waals surface area (Å²) in [5, 5.41) is 2.88. The lowest BCUT2D eigenvalue weighted by Crippen LogP contribution is -2.28. The highest BCUT2D eigenvalue weighted by molar-refractivity contribution is 7.90. The second-order valence-electron chi connectivity index (χ2n) is 4.72. The van der Waals surface area contributed by atoms with Gasteiger partial charge in [-0.3, -0.25) is 4.79 Å². The maximum atomic E-state index is 11.2. The fraction of sp³-hybridized carbons (Fsp3) is 0.900. The molecule has 96 valence electrons. The quantitative estimate of drug-likeness (QED) is 0.545. The van der Waals surface area contributed by atoms with Crippen LogP contribution in [-0.2, 0) is 19.4 Å². The number of nitrogens with one attached hydrogen (secondary N) is 1. The average molecular weight is 251 g/mol. The molecule has 0 spiro atoms. The number of esters is 1. The first-order valence-electron chi connectivity index (χ1n) is 5.20. The third-order valence-corrected chi connectivity index (χ3v) is 2.52. The summed E-state index contributed by atoms with van der Waals surface area (Å²) in [5.74, 6) is -0.194. The number of carbonyl (C=O) groups is 1. The van der Waals surface area contributed by atoms with E-state index in [1.807, 2.05) is 20.8 Å². The normalized spacial score (nSPS) is 12.5. The molecule has 0 heterocycles. The van der Waals surface area contributed by atoms with Crippen LogP contribution in [0.25, 0.3) is 0 Å². The Bertz CT molecular complexity index is 316. The minimum atomic E-state index is -2.93. The van der Waals surface area contributed by atoms with Gasteiger partial charge < -0.3 is 10.1 Å². The van der Waals surface area contributed by atoms with Gasteiger partial charge in [-0.25, -0.2) is 8.42 Å². The Hall–Kier alpha value is -0.620. The van der Waals surface area contributed by atoms with Crippen molar-refractivity contribution >= 4 is 15.8 Å². The highest BCUT2D eigenvalue weighted by Crippen LogP contribution is 2.07. The molecule has 0 atom stereocenters. The van der Waals surface area contributed by atoms with Crippen LogP contribution in [0.3, 0.4) is 0 Å². The van der Waals surface area contributed by atoms with Crippen molar-refractivity contribution in [3.8, 4) is 0 Å². The van der Waals surface area contributed by atoms with Crippen molar-refractivity contribution in [2.24, 2.45) is 0 Å². The number of sulfone groups is 1. The molecule has 0 aliphatic rings. The Morgan fingerprint density at radius 1 is 1.25 bits per heavy atom. The van der Waals surface area contributed by atoms with Gasteiger partial charge in [-0.05, 0) is 20.8 Å². The molecule has 0 fully saturated rings. The van der Waals surface area contributed by atoms with E-state index < -0.39 is 15.4 Å². The monoisotopic (exact) mass is 251 g/mol. The standard InChI is InChI=1S/C10H21NO4S/c1-10(2,3)15-9(12)5-6-11-7-8-16(4,13)14/h11H,5-8H2,1-4H3. The zero-order chi connectivity index (χ0) is 12.8. The van der Waals surface area contributed by atoms with Crippen LogP contribution in [0, 0.1) is 0 Å². The highest BCUT2D eigenvalue weighted by Gasteiger charge is 2.15. The predicted octanol–water partition coefficient (Wildman–Crippen LogP) is 0.352. The van der Waals surface area contributed by atoms with Crippen LogP contribution in [-0.4, -0.2) is 45.1 Å². The molecule has 0 aromatic rings. The molecule has 0 saturated carbocycles. The van der Waals surface area contributed by atoms with Gasteiger partial charge in [-0.1, -0.05) is 0 Å². The van der Waals surface area contributed by atoms with Crippen LogP contribution in [0.2, 0.25) is 0 Å². The van der Waals surface area contributed by atoms with E-state index in [0.717, 1.165) is 0 Å². The molecule has 0 aliphatic heterocycles. The van der Waals surface area contributed by atoms with Crippen LogP contribution in [0.5, 0.6) is 0 Å². The number of hydrogen-bond donors (Lipinski definition) is 1. The van der Waals surface area contributed by atoms with Gasteiger partial charge in [0.2, 0.25) is 0 Å². The fourth-order valence-electron chi connectivity index (χ4n) is 0.966. The zero-order valence-corrected chi connectivity index (χ0v) is 11.2. The van der Waals surface area contributed by atoms with E-state index in [-0.39, 0.29) is 18.1 Å². The molecule has 0 saturated heterocycles. The van der Waals surface area contributed by atoms with E-state index >= 15 is 0 Å². The molecule has 0 unspecified atom stereocenters. The Labute approximate surface area is 97.5 Å². The van der Waals surface area contributed by atoms with Gasteiger partial charge in [0.05, 0.1) is 12.2 Å². The zero-order valence-electron chi connectivity index (χ0n) is 10.4. The smallest absolute Gasteiger partial charge is 0.307 e. The van der Waals surface area contributed by atoms with Crippen LogP contribution in [0.15, 0.2) is 0 Å². The summed E-state index contributed by atoms with van der Waals surface area (Å²) in [6.07, 6.45) is 1.43. The molecule has 5 nitrogen and oxygen atoms in total. The first kappa shape index (κ1) is 15.4. The Morgan fingerprint density at radius 2 is 1.81 bits per heavy atom. The summed E-state index contributed by atoms with van der Waals surface area (Å²) in [5.41, 5.74) is -0.468. The van der Waals surface area contributed by atoms with E-state index in [9.17, 15) is 13.2 Å². The molecule has 0 amide bonds. The van der Waals surface area contributed by atoms with Crippen molar-refractivity contribution in [3.05, 3.63) is 0 Å². The molecule has 0 aromatic heterocycles. The summed E-state index contributed by atoms with van der Waals surface area (Å²) in [6, 6.07) is 0. The second-order valence-corrected chi connectivity index (χ2v) is 6.98. The summed E-state index contributed by atoms with van der Waals surface area (Å²) in [7, 11) is -2.93. The van der Waals surface area contributed by atoms with Gasteiger partial charge in [0.25, 0.3) is 0 Å². The largest absolute Gasteiger partial charge is 0.460 e. The van der Waals surface area contributed by atoms with Gasteiger partial charge in [-0.15, -0.1) is 0 Å². The first-order valence-corrected chi connectivity index (χ1v) is 7.26. The lowest BCUT2D eigenvalue weighted by molar-refractivity contribution is -0.154. The molecule has 0 bridgehead atoms. The van der Waals surface area contributed by atoms with Crippen molar-refractivity contribution in [3.63, 3.8) is 0 Å². The fourth-order valence-corrected chi connectivity index (χ4v) is 1.48. The van der Waals surface area contributed by atoms with Crippen molar-refractivity contribution in [1.82, 2.24) is 5.32 Å². The van der Waals surface area contributed by atoms with Gasteiger partial charge in [0, 0.05) is 19.3 Å². The predicted molar refractivity (Wildman–Crippen MR) is 63.0 cm³/mol. The van der Waals surface area contributed by atoms with E-state index in [4.69, 9.17) is 4.74 Å². The third kappa shape index (κ3) is 11.5. The first-order chi connectivity index (χ1) is 7.10.